The standard InChI is InChI=1S/C22H24N6/c1-3-18-21(24-13-15-8-5-4-6-9-15)26-22(28-27-18)19-14(2)25-20-16(12-23)10-7-11-17(19)20/h4-11,25H,3,12-13,23H2,1-2H3,(H,24,26,28). The quantitative estimate of drug-likeness (QED) is 0.476. The molecule has 0 radical (unpaired) electrons. The first kappa shape index (κ1) is 18.1. The maximum Gasteiger partial charge on any atom is 0.186 e. The summed E-state index contributed by atoms with van der Waals surface area (Å²) in [5, 5.41) is 13.4. The van der Waals surface area contributed by atoms with Crippen LogP contribution in [0.2, 0.25) is 0 Å². The molecule has 0 aliphatic carbocycles. The molecule has 0 fully saturated rings. The number of fused-ring (bicyclic) bond motifs is 1. The lowest BCUT2D eigenvalue weighted by molar-refractivity contribution is 0.880. The maximum absolute atomic E-state index is 5.90. The summed E-state index contributed by atoms with van der Waals surface area (Å²) < 4.78 is 0. The Morgan fingerprint density at radius 1 is 1.04 bits per heavy atom. The Labute approximate surface area is 164 Å². The molecule has 0 saturated heterocycles. The van der Waals surface area contributed by atoms with Crippen LogP contribution in [0.1, 0.15) is 29.4 Å². The van der Waals surface area contributed by atoms with Crippen molar-refractivity contribution in [1.29, 1.82) is 0 Å². The average Bonchev–Trinajstić information content (AvgIpc) is 3.08. The molecule has 0 unspecified atom stereocenters. The first-order valence-corrected chi connectivity index (χ1v) is 9.53. The molecule has 2 aromatic heterocycles. The van der Waals surface area contributed by atoms with Crippen LogP contribution in [-0.2, 0) is 19.5 Å². The number of hydrogen-bond acceptors (Lipinski definition) is 5. The summed E-state index contributed by atoms with van der Waals surface area (Å²) in [6.45, 7) is 5.26. The fraction of sp³-hybridized carbons (Fsp3) is 0.227. The smallest absolute Gasteiger partial charge is 0.186 e. The Morgan fingerprint density at radius 3 is 2.61 bits per heavy atom. The second-order valence-corrected chi connectivity index (χ2v) is 6.79. The summed E-state index contributed by atoms with van der Waals surface area (Å²) in [7, 11) is 0. The van der Waals surface area contributed by atoms with Gasteiger partial charge in [0, 0.05) is 29.7 Å². The average molecular weight is 372 g/mol. The Balaban J connectivity index is 1.75. The van der Waals surface area contributed by atoms with Crippen molar-refractivity contribution in [2.75, 3.05) is 5.32 Å². The highest BCUT2D eigenvalue weighted by atomic mass is 15.2. The third-order valence-electron chi connectivity index (χ3n) is 4.95. The van der Waals surface area contributed by atoms with Gasteiger partial charge in [-0.25, -0.2) is 4.98 Å². The fourth-order valence-corrected chi connectivity index (χ4v) is 3.48. The van der Waals surface area contributed by atoms with E-state index < -0.39 is 0 Å². The second kappa shape index (κ2) is 7.78. The van der Waals surface area contributed by atoms with Gasteiger partial charge < -0.3 is 16.0 Å². The molecule has 142 valence electrons. The predicted octanol–water partition coefficient (Wildman–Crippen LogP) is 3.96. The number of aromatic amines is 1. The number of nitrogens with one attached hydrogen (secondary N) is 2. The molecule has 0 amide bonds. The molecule has 6 nitrogen and oxygen atoms in total. The van der Waals surface area contributed by atoms with Gasteiger partial charge in [-0.1, -0.05) is 55.5 Å². The Kier molecular flexibility index (Phi) is 5.04. The number of nitrogens with two attached hydrogens (primary N) is 1. The molecule has 0 aliphatic rings. The van der Waals surface area contributed by atoms with Gasteiger partial charge in [-0.3, -0.25) is 0 Å². The monoisotopic (exact) mass is 372 g/mol. The van der Waals surface area contributed by atoms with E-state index in [1.165, 1.54) is 5.56 Å². The van der Waals surface area contributed by atoms with Crippen LogP contribution in [0.5, 0.6) is 0 Å². The van der Waals surface area contributed by atoms with Gasteiger partial charge >= 0.3 is 0 Å². The lowest BCUT2D eigenvalue weighted by Crippen LogP contribution is -2.08. The van der Waals surface area contributed by atoms with E-state index in [0.717, 1.165) is 45.7 Å². The molecule has 2 heterocycles. The van der Waals surface area contributed by atoms with E-state index in [1.54, 1.807) is 0 Å². The van der Waals surface area contributed by atoms with Gasteiger partial charge in [0.2, 0.25) is 0 Å². The minimum atomic E-state index is 0.481. The van der Waals surface area contributed by atoms with Gasteiger partial charge in [0.1, 0.15) is 5.69 Å². The third-order valence-corrected chi connectivity index (χ3v) is 4.95. The number of aromatic nitrogens is 4. The summed E-state index contributed by atoms with van der Waals surface area (Å²) in [5.41, 5.74) is 12.1. The summed E-state index contributed by atoms with van der Waals surface area (Å²) >= 11 is 0. The molecular formula is C22H24N6. The third kappa shape index (κ3) is 3.34. The Bertz CT molecular complexity index is 1100. The molecule has 0 atom stereocenters. The van der Waals surface area contributed by atoms with Crippen LogP contribution in [0, 0.1) is 6.92 Å². The molecule has 2 aromatic carbocycles. The zero-order valence-corrected chi connectivity index (χ0v) is 16.2. The van der Waals surface area contributed by atoms with Crippen LogP contribution >= 0.6 is 0 Å². The molecular weight excluding hydrogens is 348 g/mol. The van der Waals surface area contributed by atoms with Gasteiger partial charge in [0.05, 0.1) is 5.52 Å². The second-order valence-electron chi connectivity index (χ2n) is 6.79. The number of hydrogen-bond donors (Lipinski definition) is 3. The highest BCUT2D eigenvalue weighted by molar-refractivity contribution is 5.97. The summed E-state index contributed by atoms with van der Waals surface area (Å²) in [5.74, 6) is 1.39. The normalized spacial score (nSPS) is 11.1. The van der Waals surface area contributed by atoms with Crippen molar-refractivity contribution in [3.63, 3.8) is 0 Å². The van der Waals surface area contributed by atoms with Crippen LogP contribution < -0.4 is 11.1 Å². The van der Waals surface area contributed by atoms with Gasteiger partial charge in [0.25, 0.3) is 0 Å². The van der Waals surface area contributed by atoms with E-state index in [4.69, 9.17) is 10.7 Å². The highest BCUT2D eigenvalue weighted by Crippen LogP contribution is 2.32. The van der Waals surface area contributed by atoms with E-state index >= 15 is 0 Å². The Hall–Kier alpha value is -3.25. The van der Waals surface area contributed by atoms with Crippen LogP contribution in [0.4, 0.5) is 5.82 Å². The minimum Gasteiger partial charge on any atom is -0.364 e. The zero-order chi connectivity index (χ0) is 19.5. The Morgan fingerprint density at radius 2 is 1.86 bits per heavy atom. The lowest BCUT2D eigenvalue weighted by Gasteiger charge is -2.10. The molecule has 0 bridgehead atoms. The van der Waals surface area contributed by atoms with Crippen molar-refractivity contribution in [1.82, 2.24) is 20.2 Å². The van der Waals surface area contributed by atoms with Crippen molar-refractivity contribution in [3.05, 3.63) is 71.0 Å². The molecule has 6 heteroatoms. The largest absolute Gasteiger partial charge is 0.364 e. The minimum absolute atomic E-state index is 0.481. The molecule has 4 rings (SSSR count). The summed E-state index contributed by atoms with van der Waals surface area (Å²) in [4.78, 5) is 8.27. The van der Waals surface area contributed by atoms with Gasteiger partial charge in [-0.15, -0.1) is 10.2 Å². The molecule has 0 saturated carbocycles. The van der Waals surface area contributed by atoms with Crippen LogP contribution in [-0.4, -0.2) is 20.2 Å². The van der Waals surface area contributed by atoms with Crippen molar-refractivity contribution < 1.29 is 0 Å². The van der Waals surface area contributed by atoms with Gasteiger partial charge in [-0.2, -0.15) is 0 Å². The number of H-pyrrole nitrogens is 1. The van der Waals surface area contributed by atoms with E-state index in [-0.39, 0.29) is 0 Å². The number of benzene rings is 2. The number of nitrogens with zero attached hydrogens (tertiary/aromatic N) is 3. The number of anilines is 1. The summed E-state index contributed by atoms with van der Waals surface area (Å²) in [6, 6.07) is 16.4. The molecule has 0 aliphatic heterocycles. The van der Waals surface area contributed by atoms with Crippen LogP contribution in [0.25, 0.3) is 22.3 Å². The highest BCUT2D eigenvalue weighted by Gasteiger charge is 2.17. The van der Waals surface area contributed by atoms with E-state index in [9.17, 15) is 0 Å². The van der Waals surface area contributed by atoms with E-state index in [1.807, 2.05) is 37.3 Å². The van der Waals surface area contributed by atoms with Crippen LogP contribution in [0.15, 0.2) is 48.5 Å². The molecule has 4 N–H and O–H groups in total. The predicted molar refractivity (Wildman–Crippen MR) is 113 cm³/mol. The SMILES string of the molecule is CCc1nnc(-c2c(C)[nH]c3c(CN)cccc23)nc1NCc1ccccc1. The van der Waals surface area contributed by atoms with E-state index in [2.05, 4.69) is 45.6 Å². The topological polar surface area (TPSA) is 92.5 Å². The fourth-order valence-electron chi connectivity index (χ4n) is 3.48. The maximum atomic E-state index is 5.90. The number of aryl methyl sites for hydroxylation is 2. The molecule has 28 heavy (non-hydrogen) atoms. The van der Waals surface area contributed by atoms with Gasteiger partial charge in [0.15, 0.2) is 11.6 Å². The lowest BCUT2D eigenvalue weighted by atomic mass is 10.1. The van der Waals surface area contributed by atoms with Gasteiger partial charge in [-0.05, 0) is 24.5 Å². The van der Waals surface area contributed by atoms with Crippen molar-refractivity contribution in [2.24, 2.45) is 5.73 Å². The van der Waals surface area contributed by atoms with E-state index in [0.29, 0.717) is 18.9 Å². The molecule has 4 aromatic rings. The van der Waals surface area contributed by atoms with Crippen molar-refractivity contribution in [2.45, 2.75) is 33.4 Å². The summed E-state index contributed by atoms with van der Waals surface area (Å²) in [6.07, 6.45) is 0.765. The first-order chi connectivity index (χ1) is 13.7. The number of rotatable bonds is 6. The number of para-hydroxylation sites is 1. The van der Waals surface area contributed by atoms with Crippen LogP contribution in [0.3, 0.4) is 0 Å². The first-order valence-electron chi connectivity index (χ1n) is 9.53. The molecule has 0 spiro atoms. The zero-order valence-electron chi connectivity index (χ0n) is 16.2. The van der Waals surface area contributed by atoms with Crippen molar-refractivity contribution >= 4 is 16.7 Å². The van der Waals surface area contributed by atoms with Crippen molar-refractivity contribution in [3.8, 4) is 11.4 Å².